The van der Waals surface area contributed by atoms with Crippen LogP contribution in [0.3, 0.4) is 0 Å². The second kappa shape index (κ2) is 7.82. The van der Waals surface area contributed by atoms with Gasteiger partial charge in [-0.15, -0.1) is 0 Å². The summed E-state index contributed by atoms with van der Waals surface area (Å²) in [5.74, 6) is -0.307. The molecule has 0 spiro atoms. The normalized spacial score (nSPS) is 13.8. The summed E-state index contributed by atoms with van der Waals surface area (Å²) in [6.45, 7) is 7.89. The highest BCUT2D eigenvalue weighted by atomic mass is 16.5. The van der Waals surface area contributed by atoms with Gasteiger partial charge in [0, 0.05) is 12.6 Å². The largest absolute Gasteiger partial charge is 0.492 e. The van der Waals surface area contributed by atoms with Gasteiger partial charge in [-0.25, -0.2) is 9.97 Å². The van der Waals surface area contributed by atoms with Gasteiger partial charge in [0.15, 0.2) is 5.76 Å². The van der Waals surface area contributed by atoms with Crippen LogP contribution in [-0.4, -0.2) is 59.7 Å². The van der Waals surface area contributed by atoms with Gasteiger partial charge in [0.05, 0.1) is 12.7 Å². The van der Waals surface area contributed by atoms with Gasteiger partial charge in [-0.1, -0.05) is 13.8 Å². The molecule has 23 heavy (non-hydrogen) atoms. The molecular formula is C16H22N4O3. The van der Waals surface area contributed by atoms with E-state index in [0.29, 0.717) is 12.4 Å². The molecule has 0 bridgehead atoms. The van der Waals surface area contributed by atoms with Gasteiger partial charge in [-0.05, 0) is 26.1 Å². The van der Waals surface area contributed by atoms with E-state index in [1.165, 1.54) is 19.5 Å². The number of nitrogens with one attached hydrogen (secondary N) is 1. The Morgan fingerprint density at radius 1 is 1.22 bits per heavy atom. The van der Waals surface area contributed by atoms with Crippen LogP contribution >= 0.6 is 0 Å². The maximum absolute atomic E-state index is 12.4. The van der Waals surface area contributed by atoms with E-state index in [2.05, 4.69) is 34.0 Å². The van der Waals surface area contributed by atoms with Crippen LogP contribution in [0.25, 0.3) is 0 Å². The second-order valence-corrected chi connectivity index (χ2v) is 5.16. The zero-order valence-electron chi connectivity index (χ0n) is 13.8. The van der Waals surface area contributed by atoms with Crippen LogP contribution in [0.5, 0.6) is 0 Å². The average molecular weight is 318 g/mol. The average Bonchev–Trinajstić information content (AvgIpc) is 2.58. The summed E-state index contributed by atoms with van der Waals surface area (Å²) in [4.78, 5) is 34.8. The lowest BCUT2D eigenvalue weighted by Gasteiger charge is -2.19. The Labute approximate surface area is 135 Å². The maximum atomic E-state index is 12.4. The van der Waals surface area contributed by atoms with E-state index in [1.54, 1.807) is 0 Å². The minimum Gasteiger partial charge on any atom is -0.492 e. The minimum atomic E-state index is -0.367. The van der Waals surface area contributed by atoms with Crippen LogP contribution in [0.15, 0.2) is 18.2 Å². The van der Waals surface area contributed by atoms with Crippen LogP contribution < -0.4 is 5.32 Å². The first-order valence-electron chi connectivity index (χ1n) is 7.78. The molecule has 1 heterocycles. The summed E-state index contributed by atoms with van der Waals surface area (Å²) in [6, 6.07) is 0. The molecule has 0 aromatic carbocycles. The third-order valence-electron chi connectivity index (χ3n) is 3.85. The summed E-state index contributed by atoms with van der Waals surface area (Å²) >= 11 is 0. The fraction of sp³-hybridized carbons (Fsp3) is 0.500. The SMILES string of the molecule is CCN(CC)CCCNc1ncnc2c1C(=O)C(OC)=CC2=O. The Balaban J connectivity index is 2.10. The van der Waals surface area contributed by atoms with Crippen molar-refractivity contribution < 1.29 is 14.3 Å². The third kappa shape index (κ3) is 3.73. The first-order chi connectivity index (χ1) is 11.1. The lowest BCUT2D eigenvalue weighted by molar-refractivity contribution is 0.0914. The van der Waals surface area contributed by atoms with Crippen LogP contribution in [0.1, 0.15) is 41.1 Å². The number of ketones is 2. The van der Waals surface area contributed by atoms with E-state index in [9.17, 15) is 9.59 Å². The van der Waals surface area contributed by atoms with Crippen molar-refractivity contribution in [2.75, 3.05) is 38.6 Å². The molecule has 124 valence electrons. The zero-order chi connectivity index (χ0) is 16.8. The van der Waals surface area contributed by atoms with Gasteiger partial charge in [-0.3, -0.25) is 9.59 Å². The first-order valence-corrected chi connectivity index (χ1v) is 7.78. The fourth-order valence-corrected chi connectivity index (χ4v) is 2.50. The highest BCUT2D eigenvalue weighted by Gasteiger charge is 2.31. The predicted octanol–water partition coefficient (Wildman–Crippen LogP) is 1.53. The topological polar surface area (TPSA) is 84.4 Å². The van der Waals surface area contributed by atoms with E-state index in [1.807, 2.05) is 0 Å². The Hall–Kier alpha value is -2.28. The maximum Gasteiger partial charge on any atom is 0.233 e. The van der Waals surface area contributed by atoms with Gasteiger partial charge in [0.2, 0.25) is 11.6 Å². The lowest BCUT2D eigenvalue weighted by Crippen LogP contribution is -2.26. The zero-order valence-corrected chi connectivity index (χ0v) is 13.8. The highest BCUT2D eigenvalue weighted by Crippen LogP contribution is 2.25. The molecule has 1 aromatic heterocycles. The number of allylic oxidation sites excluding steroid dienone is 2. The van der Waals surface area contributed by atoms with Gasteiger partial charge in [-0.2, -0.15) is 0 Å². The molecule has 1 aliphatic carbocycles. The molecule has 0 amide bonds. The lowest BCUT2D eigenvalue weighted by atomic mass is 9.98. The molecule has 1 aromatic rings. The Morgan fingerprint density at radius 3 is 2.61 bits per heavy atom. The Morgan fingerprint density at radius 2 is 1.96 bits per heavy atom. The molecular weight excluding hydrogens is 296 g/mol. The predicted molar refractivity (Wildman–Crippen MR) is 86.7 cm³/mol. The van der Waals surface area contributed by atoms with E-state index >= 15 is 0 Å². The van der Waals surface area contributed by atoms with Crippen molar-refractivity contribution in [3.05, 3.63) is 29.4 Å². The van der Waals surface area contributed by atoms with Crippen molar-refractivity contribution in [2.45, 2.75) is 20.3 Å². The number of ether oxygens (including phenoxy) is 1. The van der Waals surface area contributed by atoms with Gasteiger partial charge >= 0.3 is 0 Å². The van der Waals surface area contributed by atoms with Gasteiger partial charge < -0.3 is 15.0 Å². The number of Topliss-reactive ketones (excluding diaryl/α,β-unsaturated/α-hetero) is 1. The number of carbonyl (C=O) groups excluding carboxylic acids is 2. The number of nitrogens with zero attached hydrogens (tertiary/aromatic N) is 3. The standard InChI is InChI=1S/C16H22N4O3/c1-4-20(5-2)8-6-7-17-16-13-14(18-10-19-16)11(21)9-12(23-3)15(13)22/h9-10H,4-8H2,1-3H3,(H,17,18,19). The molecule has 0 saturated heterocycles. The van der Waals surface area contributed by atoms with E-state index in [4.69, 9.17) is 4.74 Å². The molecule has 0 saturated carbocycles. The number of anilines is 1. The van der Waals surface area contributed by atoms with Gasteiger partial charge in [0.1, 0.15) is 17.8 Å². The number of methoxy groups -OCH3 is 1. The monoisotopic (exact) mass is 318 g/mol. The van der Waals surface area contributed by atoms with E-state index < -0.39 is 0 Å². The number of fused-ring (bicyclic) bond motifs is 1. The molecule has 0 aliphatic heterocycles. The van der Waals surface area contributed by atoms with E-state index in [0.717, 1.165) is 26.1 Å². The molecule has 0 fully saturated rings. The molecule has 1 aliphatic rings. The van der Waals surface area contributed by atoms with Crippen molar-refractivity contribution in [2.24, 2.45) is 0 Å². The van der Waals surface area contributed by atoms with Crippen molar-refractivity contribution in [3.63, 3.8) is 0 Å². The molecule has 2 rings (SSSR count). The Kier molecular flexibility index (Phi) is 5.81. The van der Waals surface area contributed by atoms with Crippen molar-refractivity contribution in [1.82, 2.24) is 14.9 Å². The van der Waals surface area contributed by atoms with Crippen LogP contribution in [-0.2, 0) is 4.74 Å². The minimum absolute atomic E-state index is 0.0171. The third-order valence-corrected chi connectivity index (χ3v) is 3.85. The number of hydrogen-bond acceptors (Lipinski definition) is 7. The second-order valence-electron chi connectivity index (χ2n) is 5.16. The molecule has 0 unspecified atom stereocenters. The van der Waals surface area contributed by atoms with Crippen LogP contribution in [0, 0.1) is 0 Å². The summed E-state index contributed by atoms with van der Waals surface area (Å²) in [5, 5.41) is 3.14. The summed E-state index contributed by atoms with van der Waals surface area (Å²) in [5.41, 5.74) is 0.316. The first kappa shape index (κ1) is 17.1. The van der Waals surface area contributed by atoms with Crippen molar-refractivity contribution in [1.29, 1.82) is 0 Å². The summed E-state index contributed by atoms with van der Waals surface area (Å²) < 4.78 is 4.97. The number of hydrogen-bond donors (Lipinski definition) is 1. The number of aromatic nitrogens is 2. The highest BCUT2D eigenvalue weighted by molar-refractivity contribution is 6.24. The van der Waals surface area contributed by atoms with Crippen molar-refractivity contribution in [3.8, 4) is 0 Å². The van der Waals surface area contributed by atoms with Crippen molar-refractivity contribution >= 4 is 17.4 Å². The fourth-order valence-electron chi connectivity index (χ4n) is 2.50. The molecule has 1 N–H and O–H groups in total. The van der Waals surface area contributed by atoms with Crippen LogP contribution in [0.4, 0.5) is 5.82 Å². The molecule has 7 nitrogen and oxygen atoms in total. The molecule has 7 heteroatoms. The summed E-state index contributed by atoms with van der Waals surface area (Å²) in [6.07, 6.45) is 3.37. The number of rotatable bonds is 8. The Bertz CT molecular complexity index is 624. The number of carbonyl (C=O) groups is 2. The van der Waals surface area contributed by atoms with Crippen LogP contribution in [0.2, 0.25) is 0 Å². The van der Waals surface area contributed by atoms with Gasteiger partial charge in [0.25, 0.3) is 0 Å². The quantitative estimate of drug-likeness (QED) is 0.728. The smallest absolute Gasteiger partial charge is 0.233 e. The van der Waals surface area contributed by atoms with E-state index in [-0.39, 0.29) is 28.6 Å². The molecule has 0 atom stereocenters. The molecule has 0 radical (unpaired) electrons. The summed E-state index contributed by atoms with van der Waals surface area (Å²) in [7, 11) is 1.36.